The SMILES string of the molecule is CC(NC(=O)c1ccccc1NS(=O)(=O)c1ccc(F)cc1F)c1ccccc1. The molecular formula is C21H18F2N2O3S. The van der Waals surface area contributed by atoms with Gasteiger partial charge in [-0.2, -0.15) is 0 Å². The normalized spacial score (nSPS) is 12.2. The number of para-hydroxylation sites is 1. The summed E-state index contributed by atoms with van der Waals surface area (Å²) in [6.45, 7) is 1.80. The first-order chi connectivity index (χ1) is 13.8. The Morgan fingerprint density at radius 2 is 1.59 bits per heavy atom. The van der Waals surface area contributed by atoms with Crippen LogP contribution in [0, 0.1) is 11.6 Å². The molecule has 0 spiro atoms. The summed E-state index contributed by atoms with van der Waals surface area (Å²) in [6, 6.07) is 17.1. The van der Waals surface area contributed by atoms with E-state index >= 15 is 0 Å². The molecule has 3 aromatic rings. The second kappa shape index (κ2) is 8.40. The second-order valence-electron chi connectivity index (χ2n) is 6.33. The van der Waals surface area contributed by atoms with Gasteiger partial charge in [0.2, 0.25) is 0 Å². The van der Waals surface area contributed by atoms with Gasteiger partial charge in [-0.05, 0) is 36.8 Å². The van der Waals surface area contributed by atoms with Crippen molar-refractivity contribution in [2.45, 2.75) is 17.9 Å². The second-order valence-corrected chi connectivity index (χ2v) is 7.98. The maximum absolute atomic E-state index is 13.9. The molecule has 0 radical (unpaired) electrons. The number of benzene rings is 3. The molecule has 2 N–H and O–H groups in total. The van der Waals surface area contributed by atoms with Gasteiger partial charge in [0, 0.05) is 6.07 Å². The van der Waals surface area contributed by atoms with Gasteiger partial charge < -0.3 is 5.32 Å². The highest BCUT2D eigenvalue weighted by Gasteiger charge is 2.23. The maximum Gasteiger partial charge on any atom is 0.264 e. The van der Waals surface area contributed by atoms with E-state index in [1.54, 1.807) is 13.0 Å². The van der Waals surface area contributed by atoms with Crippen molar-refractivity contribution in [3.63, 3.8) is 0 Å². The van der Waals surface area contributed by atoms with Crippen LogP contribution >= 0.6 is 0 Å². The Hall–Kier alpha value is -3.26. The quantitative estimate of drug-likeness (QED) is 0.631. The topological polar surface area (TPSA) is 75.3 Å². The van der Waals surface area contributed by atoms with Crippen molar-refractivity contribution in [1.29, 1.82) is 0 Å². The lowest BCUT2D eigenvalue weighted by Gasteiger charge is -2.17. The third-order valence-electron chi connectivity index (χ3n) is 4.25. The smallest absolute Gasteiger partial charge is 0.264 e. The van der Waals surface area contributed by atoms with Crippen molar-refractivity contribution < 1.29 is 22.0 Å². The van der Waals surface area contributed by atoms with E-state index in [4.69, 9.17) is 0 Å². The summed E-state index contributed by atoms with van der Waals surface area (Å²) < 4.78 is 54.3. The Morgan fingerprint density at radius 1 is 0.931 bits per heavy atom. The van der Waals surface area contributed by atoms with E-state index in [1.807, 2.05) is 30.3 Å². The number of amides is 1. The van der Waals surface area contributed by atoms with Crippen LogP contribution in [0.15, 0.2) is 77.7 Å². The molecule has 1 amide bonds. The fourth-order valence-electron chi connectivity index (χ4n) is 2.76. The van der Waals surface area contributed by atoms with Gasteiger partial charge in [-0.25, -0.2) is 17.2 Å². The number of hydrogen-bond acceptors (Lipinski definition) is 3. The third-order valence-corrected chi connectivity index (χ3v) is 5.65. The molecule has 1 unspecified atom stereocenters. The molecule has 0 heterocycles. The molecule has 0 aliphatic carbocycles. The summed E-state index contributed by atoms with van der Waals surface area (Å²) in [6.07, 6.45) is 0. The van der Waals surface area contributed by atoms with Crippen molar-refractivity contribution in [3.05, 3.63) is 95.6 Å². The summed E-state index contributed by atoms with van der Waals surface area (Å²) in [5, 5.41) is 2.80. The highest BCUT2D eigenvalue weighted by molar-refractivity contribution is 7.92. The van der Waals surface area contributed by atoms with Gasteiger partial charge in [-0.3, -0.25) is 9.52 Å². The molecule has 150 valence electrons. The number of sulfonamides is 1. The molecule has 5 nitrogen and oxygen atoms in total. The van der Waals surface area contributed by atoms with Crippen LogP contribution in [0.2, 0.25) is 0 Å². The Labute approximate surface area is 167 Å². The summed E-state index contributed by atoms with van der Waals surface area (Å²) in [5.74, 6) is -2.62. The number of carbonyl (C=O) groups excluding carboxylic acids is 1. The molecule has 29 heavy (non-hydrogen) atoms. The molecule has 0 saturated carbocycles. The van der Waals surface area contributed by atoms with Crippen molar-refractivity contribution in [2.75, 3.05) is 4.72 Å². The fourth-order valence-corrected chi connectivity index (χ4v) is 3.90. The molecule has 3 rings (SSSR count). The summed E-state index contributed by atoms with van der Waals surface area (Å²) >= 11 is 0. The van der Waals surface area contributed by atoms with E-state index in [2.05, 4.69) is 10.0 Å². The number of anilines is 1. The van der Waals surface area contributed by atoms with Gasteiger partial charge in [-0.15, -0.1) is 0 Å². The lowest BCUT2D eigenvalue weighted by atomic mass is 10.1. The predicted molar refractivity (Wildman–Crippen MR) is 106 cm³/mol. The van der Waals surface area contributed by atoms with E-state index in [0.717, 1.165) is 17.7 Å². The number of nitrogens with one attached hydrogen (secondary N) is 2. The lowest BCUT2D eigenvalue weighted by Crippen LogP contribution is -2.28. The van der Waals surface area contributed by atoms with Crippen LogP contribution in [-0.2, 0) is 10.0 Å². The molecule has 0 bridgehead atoms. The zero-order valence-corrected chi connectivity index (χ0v) is 16.2. The van der Waals surface area contributed by atoms with Crippen LogP contribution in [0.25, 0.3) is 0 Å². The molecule has 0 aliphatic rings. The number of halogens is 2. The van der Waals surface area contributed by atoms with Gasteiger partial charge in [0.1, 0.15) is 16.5 Å². The minimum absolute atomic E-state index is 0.0195. The lowest BCUT2D eigenvalue weighted by molar-refractivity contribution is 0.0941. The molecule has 1 atom stereocenters. The van der Waals surface area contributed by atoms with Gasteiger partial charge in [0.15, 0.2) is 0 Å². The van der Waals surface area contributed by atoms with Crippen molar-refractivity contribution in [3.8, 4) is 0 Å². The number of hydrogen-bond donors (Lipinski definition) is 2. The molecule has 3 aromatic carbocycles. The maximum atomic E-state index is 13.9. The Balaban J connectivity index is 1.86. The van der Waals surface area contributed by atoms with E-state index in [9.17, 15) is 22.0 Å². The first-order valence-corrected chi connectivity index (χ1v) is 10.2. The minimum atomic E-state index is -4.37. The highest BCUT2D eigenvalue weighted by atomic mass is 32.2. The van der Waals surface area contributed by atoms with E-state index in [1.165, 1.54) is 18.2 Å². The average Bonchev–Trinajstić information content (AvgIpc) is 2.68. The molecule has 0 aromatic heterocycles. The summed E-state index contributed by atoms with van der Waals surface area (Å²) in [5.41, 5.74) is 0.933. The highest BCUT2D eigenvalue weighted by Crippen LogP contribution is 2.23. The average molecular weight is 416 g/mol. The summed E-state index contributed by atoms with van der Waals surface area (Å²) in [4.78, 5) is 12.0. The van der Waals surface area contributed by atoms with Crippen molar-refractivity contribution >= 4 is 21.6 Å². The van der Waals surface area contributed by atoms with Crippen LogP contribution in [-0.4, -0.2) is 14.3 Å². The molecule has 0 fully saturated rings. The van der Waals surface area contributed by atoms with Crippen LogP contribution < -0.4 is 10.0 Å². The Morgan fingerprint density at radius 3 is 2.28 bits per heavy atom. The van der Waals surface area contributed by atoms with Crippen LogP contribution in [0.5, 0.6) is 0 Å². The summed E-state index contributed by atoms with van der Waals surface area (Å²) in [7, 11) is -4.37. The van der Waals surface area contributed by atoms with Crippen LogP contribution in [0.1, 0.15) is 28.9 Å². The zero-order chi connectivity index (χ0) is 21.0. The Kier molecular flexibility index (Phi) is 5.93. The van der Waals surface area contributed by atoms with Crippen molar-refractivity contribution in [1.82, 2.24) is 5.32 Å². The van der Waals surface area contributed by atoms with Gasteiger partial charge >= 0.3 is 0 Å². The first kappa shape index (κ1) is 20.5. The molecular weight excluding hydrogens is 398 g/mol. The van der Waals surface area contributed by atoms with Crippen molar-refractivity contribution in [2.24, 2.45) is 0 Å². The number of carbonyl (C=O) groups is 1. The number of rotatable bonds is 6. The predicted octanol–water partition coefficient (Wildman–Crippen LogP) is 4.26. The molecule has 0 saturated heterocycles. The minimum Gasteiger partial charge on any atom is -0.345 e. The largest absolute Gasteiger partial charge is 0.345 e. The van der Waals surface area contributed by atoms with Gasteiger partial charge in [-0.1, -0.05) is 42.5 Å². The third kappa shape index (κ3) is 4.78. The standard InChI is InChI=1S/C21H18F2N2O3S/c1-14(15-7-3-2-4-8-15)24-21(26)17-9-5-6-10-19(17)25-29(27,28)20-12-11-16(22)13-18(20)23/h2-14,25H,1H3,(H,24,26). The zero-order valence-electron chi connectivity index (χ0n) is 15.4. The van der Waals surface area contributed by atoms with Gasteiger partial charge in [0.25, 0.3) is 15.9 Å². The van der Waals surface area contributed by atoms with Crippen LogP contribution in [0.4, 0.5) is 14.5 Å². The van der Waals surface area contributed by atoms with Gasteiger partial charge in [0.05, 0.1) is 17.3 Å². The molecule has 8 heteroatoms. The van der Waals surface area contributed by atoms with E-state index in [0.29, 0.717) is 6.07 Å². The Bertz CT molecular complexity index is 1140. The van der Waals surface area contributed by atoms with Crippen LogP contribution in [0.3, 0.4) is 0 Å². The first-order valence-electron chi connectivity index (χ1n) is 8.70. The fraction of sp³-hybridized carbons (Fsp3) is 0.0952. The molecule has 0 aliphatic heterocycles. The van der Waals surface area contributed by atoms with E-state index in [-0.39, 0.29) is 17.3 Å². The van der Waals surface area contributed by atoms with E-state index < -0.39 is 32.5 Å². The monoisotopic (exact) mass is 416 g/mol.